The third-order valence-corrected chi connectivity index (χ3v) is 4.13. The number of amides is 3. The van der Waals surface area contributed by atoms with Crippen molar-refractivity contribution in [3.63, 3.8) is 0 Å². The van der Waals surface area contributed by atoms with E-state index in [0.29, 0.717) is 24.3 Å². The fourth-order valence-corrected chi connectivity index (χ4v) is 2.71. The van der Waals surface area contributed by atoms with E-state index in [1.54, 1.807) is 24.3 Å². The van der Waals surface area contributed by atoms with Gasteiger partial charge in [-0.15, -0.1) is 0 Å². The molecule has 0 bridgehead atoms. The van der Waals surface area contributed by atoms with Crippen molar-refractivity contribution in [1.82, 2.24) is 10.2 Å². The number of benzene rings is 1. The molecule has 1 aliphatic rings. The van der Waals surface area contributed by atoms with Gasteiger partial charge in [0.25, 0.3) is 5.91 Å². The number of carbonyl (C=O) groups is 2. The summed E-state index contributed by atoms with van der Waals surface area (Å²) in [5, 5.41) is 5.50. The maximum atomic E-state index is 12.6. The number of rotatable bonds is 4. The van der Waals surface area contributed by atoms with Crippen LogP contribution in [-0.2, 0) is 0 Å². The maximum absolute atomic E-state index is 12.6. The van der Waals surface area contributed by atoms with Crippen LogP contribution in [0, 0.1) is 5.41 Å². The van der Waals surface area contributed by atoms with Gasteiger partial charge in [0.15, 0.2) is 0 Å². The summed E-state index contributed by atoms with van der Waals surface area (Å²) in [6.45, 7) is 7.86. The van der Waals surface area contributed by atoms with Crippen molar-refractivity contribution in [2.24, 2.45) is 11.1 Å². The van der Waals surface area contributed by atoms with Crippen molar-refractivity contribution in [3.8, 4) is 0 Å². The third kappa shape index (κ3) is 4.45. The minimum atomic E-state index is -0.276. The van der Waals surface area contributed by atoms with Gasteiger partial charge in [0.1, 0.15) is 0 Å². The SMILES string of the molecule is CC(C)NC(=O)Nc1cccc(C(=O)N2CCC(C)(CN)C2)c1. The summed E-state index contributed by atoms with van der Waals surface area (Å²) in [5.74, 6) is -0.0184. The van der Waals surface area contributed by atoms with Gasteiger partial charge in [-0.3, -0.25) is 4.79 Å². The van der Waals surface area contributed by atoms with Crippen molar-refractivity contribution >= 4 is 17.6 Å². The Morgan fingerprint density at radius 3 is 2.74 bits per heavy atom. The Labute approximate surface area is 137 Å². The Balaban J connectivity index is 2.05. The van der Waals surface area contributed by atoms with Crippen LogP contribution in [-0.4, -0.2) is 42.5 Å². The largest absolute Gasteiger partial charge is 0.338 e. The molecule has 0 radical (unpaired) electrons. The molecule has 0 spiro atoms. The standard InChI is InChI=1S/C17H26N4O2/c1-12(2)19-16(23)20-14-6-4-5-13(9-14)15(22)21-8-7-17(3,10-18)11-21/h4-6,9,12H,7-8,10-11,18H2,1-3H3,(H2,19,20,23). The number of nitrogens with two attached hydrogens (primary N) is 1. The lowest BCUT2D eigenvalue weighted by Gasteiger charge is -2.22. The topological polar surface area (TPSA) is 87.5 Å². The van der Waals surface area contributed by atoms with Crippen LogP contribution in [0.15, 0.2) is 24.3 Å². The van der Waals surface area contributed by atoms with E-state index < -0.39 is 0 Å². The summed E-state index contributed by atoms with van der Waals surface area (Å²) in [5.41, 5.74) is 6.98. The molecule has 23 heavy (non-hydrogen) atoms. The molecule has 1 aromatic carbocycles. The van der Waals surface area contributed by atoms with Gasteiger partial charge >= 0.3 is 6.03 Å². The van der Waals surface area contributed by atoms with Crippen LogP contribution < -0.4 is 16.4 Å². The lowest BCUT2D eigenvalue weighted by atomic mass is 9.90. The normalized spacial score (nSPS) is 20.7. The summed E-state index contributed by atoms with van der Waals surface area (Å²) in [7, 11) is 0. The number of hydrogen-bond donors (Lipinski definition) is 3. The number of likely N-dealkylation sites (tertiary alicyclic amines) is 1. The summed E-state index contributed by atoms with van der Waals surface area (Å²) in [6, 6.07) is 6.80. The summed E-state index contributed by atoms with van der Waals surface area (Å²) in [4.78, 5) is 26.2. The van der Waals surface area contributed by atoms with Crippen molar-refractivity contribution in [2.45, 2.75) is 33.2 Å². The minimum absolute atomic E-state index is 0.00265. The highest BCUT2D eigenvalue weighted by Crippen LogP contribution is 2.29. The monoisotopic (exact) mass is 318 g/mol. The molecule has 1 saturated heterocycles. The zero-order valence-corrected chi connectivity index (χ0v) is 14.1. The first-order valence-corrected chi connectivity index (χ1v) is 8.00. The first-order chi connectivity index (χ1) is 10.8. The number of hydrogen-bond acceptors (Lipinski definition) is 3. The number of nitrogens with zero attached hydrogens (tertiary/aromatic N) is 1. The number of carbonyl (C=O) groups excluding carboxylic acids is 2. The zero-order chi connectivity index (χ0) is 17.0. The highest BCUT2D eigenvalue weighted by atomic mass is 16.2. The Hall–Kier alpha value is -2.08. The smallest absolute Gasteiger partial charge is 0.319 e. The molecule has 3 amide bonds. The maximum Gasteiger partial charge on any atom is 0.319 e. The average Bonchev–Trinajstić information content (AvgIpc) is 2.89. The quantitative estimate of drug-likeness (QED) is 0.794. The van der Waals surface area contributed by atoms with Gasteiger partial charge < -0.3 is 21.3 Å². The van der Waals surface area contributed by atoms with E-state index in [2.05, 4.69) is 17.6 Å². The molecule has 1 fully saturated rings. The molecule has 2 rings (SSSR count). The first-order valence-electron chi connectivity index (χ1n) is 8.00. The van der Waals surface area contributed by atoms with Gasteiger partial charge in [0.05, 0.1) is 0 Å². The van der Waals surface area contributed by atoms with Gasteiger partial charge in [-0.05, 0) is 50.4 Å². The molecule has 6 heteroatoms. The lowest BCUT2D eigenvalue weighted by molar-refractivity contribution is 0.0777. The van der Waals surface area contributed by atoms with E-state index in [4.69, 9.17) is 5.73 Å². The number of anilines is 1. The van der Waals surface area contributed by atoms with E-state index in [9.17, 15) is 9.59 Å². The minimum Gasteiger partial charge on any atom is -0.338 e. The molecule has 1 aliphatic heterocycles. The summed E-state index contributed by atoms with van der Waals surface area (Å²) < 4.78 is 0. The second-order valence-electron chi connectivity index (χ2n) is 6.83. The molecule has 0 aromatic heterocycles. The molecule has 1 aromatic rings. The molecule has 1 atom stereocenters. The lowest BCUT2D eigenvalue weighted by Crippen LogP contribution is -2.35. The van der Waals surface area contributed by atoms with Crippen LogP contribution in [0.1, 0.15) is 37.6 Å². The fourth-order valence-electron chi connectivity index (χ4n) is 2.71. The molecule has 1 unspecified atom stereocenters. The van der Waals surface area contributed by atoms with Gasteiger partial charge in [0.2, 0.25) is 0 Å². The van der Waals surface area contributed by atoms with Gasteiger partial charge in [-0.1, -0.05) is 13.0 Å². The Morgan fingerprint density at radius 1 is 1.39 bits per heavy atom. The molecule has 6 nitrogen and oxygen atoms in total. The predicted octanol–water partition coefficient (Wildman–Crippen LogP) is 2.03. The van der Waals surface area contributed by atoms with Gasteiger partial charge in [-0.2, -0.15) is 0 Å². The molecule has 4 N–H and O–H groups in total. The van der Waals surface area contributed by atoms with E-state index in [1.807, 2.05) is 18.7 Å². The number of urea groups is 1. The zero-order valence-electron chi connectivity index (χ0n) is 14.1. The van der Waals surface area contributed by atoms with Crippen LogP contribution in [0.2, 0.25) is 0 Å². The average molecular weight is 318 g/mol. The summed E-state index contributed by atoms with van der Waals surface area (Å²) in [6.07, 6.45) is 0.921. The molecular weight excluding hydrogens is 292 g/mol. The Kier molecular flexibility index (Phi) is 5.26. The van der Waals surface area contributed by atoms with E-state index in [0.717, 1.165) is 13.0 Å². The highest BCUT2D eigenvalue weighted by Gasteiger charge is 2.35. The predicted molar refractivity (Wildman–Crippen MR) is 91.4 cm³/mol. The highest BCUT2D eigenvalue weighted by molar-refractivity contribution is 5.97. The molecule has 0 aliphatic carbocycles. The van der Waals surface area contributed by atoms with Crippen LogP contribution in [0.4, 0.5) is 10.5 Å². The van der Waals surface area contributed by atoms with Crippen molar-refractivity contribution in [2.75, 3.05) is 25.0 Å². The van der Waals surface area contributed by atoms with Crippen molar-refractivity contribution in [1.29, 1.82) is 0 Å². The van der Waals surface area contributed by atoms with Crippen LogP contribution in [0.5, 0.6) is 0 Å². The van der Waals surface area contributed by atoms with Crippen LogP contribution in [0.25, 0.3) is 0 Å². The van der Waals surface area contributed by atoms with Gasteiger partial charge in [0, 0.05) is 30.4 Å². The molecule has 0 saturated carbocycles. The Morgan fingerprint density at radius 2 is 2.13 bits per heavy atom. The van der Waals surface area contributed by atoms with Crippen molar-refractivity contribution in [3.05, 3.63) is 29.8 Å². The second kappa shape index (κ2) is 7.00. The Bertz CT molecular complexity index is 588. The van der Waals surface area contributed by atoms with E-state index >= 15 is 0 Å². The van der Waals surface area contributed by atoms with Crippen LogP contribution >= 0.6 is 0 Å². The number of nitrogens with one attached hydrogen (secondary N) is 2. The molecule has 126 valence electrons. The molecule has 1 heterocycles. The third-order valence-electron chi connectivity index (χ3n) is 4.13. The second-order valence-corrected chi connectivity index (χ2v) is 6.83. The first kappa shape index (κ1) is 17.3. The fraction of sp³-hybridized carbons (Fsp3) is 0.529. The van der Waals surface area contributed by atoms with E-state index in [-0.39, 0.29) is 23.4 Å². The summed E-state index contributed by atoms with van der Waals surface area (Å²) >= 11 is 0. The van der Waals surface area contributed by atoms with Crippen molar-refractivity contribution < 1.29 is 9.59 Å². The van der Waals surface area contributed by atoms with E-state index in [1.165, 1.54) is 0 Å². The van der Waals surface area contributed by atoms with Crippen LogP contribution in [0.3, 0.4) is 0 Å². The molecular formula is C17H26N4O2. The van der Waals surface area contributed by atoms with Gasteiger partial charge in [-0.25, -0.2) is 4.79 Å².